The molecule has 0 aromatic carbocycles. The van der Waals surface area contributed by atoms with Crippen LogP contribution in [0.2, 0.25) is 0 Å². The van der Waals surface area contributed by atoms with Crippen LogP contribution in [0.4, 0.5) is 5.95 Å². The monoisotopic (exact) mass is 228 g/mol. The van der Waals surface area contributed by atoms with E-state index in [9.17, 15) is 0 Å². The first kappa shape index (κ1) is 12.2. The highest BCUT2D eigenvalue weighted by molar-refractivity contribution is 5.85. The summed E-state index contributed by atoms with van der Waals surface area (Å²) < 4.78 is 0. The van der Waals surface area contributed by atoms with E-state index < -0.39 is 0 Å². The zero-order valence-electron chi connectivity index (χ0n) is 9.10. The summed E-state index contributed by atoms with van der Waals surface area (Å²) in [5.74, 6) is 0.832. The SMILES string of the molecule is CC1(C)CNCCN1c1ncccn1.Cl. The van der Waals surface area contributed by atoms with Crippen LogP contribution in [0.15, 0.2) is 18.5 Å². The van der Waals surface area contributed by atoms with E-state index in [1.165, 1.54) is 0 Å². The van der Waals surface area contributed by atoms with Crippen molar-refractivity contribution in [2.45, 2.75) is 19.4 Å². The van der Waals surface area contributed by atoms with E-state index in [2.05, 4.69) is 34.0 Å². The first-order valence-corrected chi connectivity index (χ1v) is 4.95. The Morgan fingerprint density at radius 1 is 1.33 bits per heavy atom. The normalized spacial score (nSPS) is 19.5. The number of nitrogens with one attached hydrogen (secondary N) is 1. The molecule has 1 fully saturated rings. The molecule has 0 amide bonds. The van der Waals surface area contributed by atoms with Gasteiger partial charge in [0.05, 0.1) is 0 Å². The summed E-state index contributed by atoms with van der Waals surface area (Å²) in [5.41, 5.74) is 0.0968. The van der Waals surface area contributed by atoms with E-state index in [0.717, 1.165) is 25.6 Å². The zero-order chi connectivity index (χ0) is 10.0. The fourth-order valence-electron chi connectivity index (χ4n) is 1.78. The van der Waals surface area contributed by atoms with E-state index in [-0.39, 0.29) is 17.9 Å². The second kappa shape index (κ2) is 4.77. The summed E-state index contributed by atoms with van der Waals surface area (Å²) in [7, 11) is 0. The van der Waals surface area contributed by atoms with Gasteiger partial charge in [-0.2, -0.15) is 0 Å². The van der Waals surface area contributed by atoms with Gasteiger partial charge in [0, 0.05) is 37.6 Å². The third-order valence-corrected chi connectivity index (χ3v) is 2.59. The summed E-state index contributed by atoms with van der Waals surface area (Å²) in [6.45, 7) is 7.36. The van der Waals surface area contributed by atoms with Gasteiger partial charge in [-0.1, -0.05) is 0 Å². The minimum atomic E-state index is 0. The quantitative estimate of drug-likeness (QED) is 0.781. The van der Waals surface area contributed by atoms with Crippen molar-refractivity contribution in [3.63, 3.8) is 0 Å². The predicted octanol–water partition coefficient (Wildman–Crippen LogP) is 1.09. The van der Waals surface area contributed by atoms with Gasteiger partial charge in [0.1, 0.15) is 0 Å². The maximum Gasteiger partial charge on any atom is 0.225 e. The van der Waals surface area contributed by atoms with Gasteiger partial charge in [-0.15, -0.1) is 12.4 Å². The summed E-state index contributed by atoms with van der Waals surface area (Å²) in [6.07, 6.45) is 3.58. The van der Waals surface area contributed by atoms with Crippen LogP contribution < -0.4 is 10.2 Å². The molecule has 1 N–H and O–H groups in total. The van der Waals surface area contributed by atoms with Crippen molar-refractivity contribution in [3.8, 4) is 0 Å². The summed E-state index contributed by atoms with van der Waals surface area (Å²) in [6, 6.07) is 1.85. The lowest BCUT2D eigenvalue weighted by atomic mass is 10.0. The van der Waals surface area contributed by atoms with E-state index in [1.807, 2.05) is 6.07 Å². The Morgan fingerprint density at radius 2 is 2.00 bits per heavy atom. The Labute approximate surface area is 96.5 Å². The molecule has 0 saturated carbocycles. The Hall–Kier alpha value is -0.870. The van der Waals surface area contributed by atoms with Gasteiger partial charge in [-0.3, -0.25) is 0 Å². The predicted molar refractivity (Wildman–Crippen MR) is 63.6 cm³/mol. The number of aromatic nitrogens is 2. The van der Waals surface area contributed by atoms with Crippen molar-refractivity contribution < 1.29 is 0 Å². The van der Waals surface area contributed by atoms with Crippen LogP contribution in [0, 0.1) is 0 Å². The van der Waals surface area contributed by atoms with Crippen LogP contribution >= 0.6 is 12.4 Å². The molecule has 1 aliphatic heterocycles. The minimum Gasteiger partial charge on any atom is -0.333 e. The molecule has 2 rings (SSSR count). The zero-order valence-corrected chi connectivity index (χ0v) is 9.92. The number of nitrogens with zero attached hydrogens (tertiary/aromatic N) is 3. The molecule has 15 heavy (non-hydrogen) atoms. The summed E-state index contributed by atoms with van der Waals surface area (Å²) in [4.78, 5) is 10.8. The highest BCUT2D eigenvalue weighted by atomic mass is 35.5. The lowest BCUT2D eigenvalue weighted by Gasteiger charge is -2.42. The third kappa shape index (κ3) is 2.58. The van der Waals surface area contributed by atoms with Crippen molar-refractivity contribution in [2.24, 2.45) is 0 Å². The van der Waals surface area contributed by atoms with Crippen LogP contribution in [0.25, 0.3) is 0 Å². The molecule has 1 aliphatic rings. The summed E-state index contributed by atoms with van der Waals surface area (Å²) in [5, 5.41) is 3.38. The van der Waals surface area contributed by atoms with Gasteiger partial charge in [0.25, 0.3) is 0 Å². The second-order valence-corrected chi connectivity index (χ2v) is 4.19. The molecule has 84 valence electrons. The van der Waals surface area contributed by atoms with Crippen LogP contribution in [0.5, 0.6) is 0 Å². The number of rotatable bonds is 1. The molecule has 0 aliphatic carbocycles. The average Bonchev–Trinajstić information content (AvgIpc) is 2.18. The number of anilines is 1. The number of hydrogen-bond donors (Lipinski definition) is 1. The molecule has 5 heteroatoms. The highest BCUT2D eigenvalue weighted by Crippen LogP contribution is 2.20. The number of piperazine rings is 1. The Bertz CT molecular complexity index is 302. The van der Waals surface area contributed by atoms with Gasteiger partial charge in [-0.25, -0.2) is 9.97 Å². The van der Waals surface area contributed by atoms with Gasteiger partial charge in [0.15, 0.2) is 0 Å². The minimum absolute atomic E-state index is 0. The molecule has 2 heterocycles. The van der Waals surface area contributed by atoms with E-state index >= 15 is 0 Å². The molecule has 0 unspecified atom stereocenters. The number of hydrogen-bond acceptors (Lipinski definition) is 4. The molecular weight excluding hydrogens is 212 g/mol. The molecule has 1 aromatic rings. The number of halogens is 1. The molecule has 0 atom stereocenters. The molecule has 1 saturated heterocycles. The Balaban J connectivity index is 0.00000112. The van der Waals surface area contributed by atoms with E-state index in [1.54, 1.807) is 12.4 Å². The van der Waals surface area contributed by atoms with Gasteiger partial charge in [0.2, 0.25) is 5.95 Å². The first-order valence-electron chi connectivity index (χ1n) is 4.95. The molecular formula is C10H17ClN4. The van der Waals surface area contributed by atoms with Crippen LogP contribution in [0.1, 0.15) is 13.8 Å². The molecule has 0 bridgehead atoms. The highest BCUT2D eigenvalue weighted by Gasteiger charge is 2.30. The van der Waals surface area contributed by atoms with Crippen molar-refractivity contribution in [1.82, 2.24) is 15.3 Å². The molecule has 1 aromatic heterocycles. The van der Waals surface area contributed by atoms with Crippen LogP contribution in [0.3, 0.4) is 0 Å². The van der Waals surface area contributed by atoms with Crippen molar-refractivity contribution in [3.05, 3.63) is 18.5 Å². The molecule has 0 spiro atoms. The maximum absolute atomic E-state index is 4.29. The van der Waals surface area contributed by atoms with Crippen molar-refractivity contribution in [2.75, 3.05) is 24.5 Å². The van der Waals surface area contributed by atoms with Crippen molar-refractivity contribution in [1.29, 1.82) is 0 Å². The topological polar surface area (TPSA) is 41.0 Å². The first-order chi connectivity index (χ1) is 6.70. The Morgan fingerprint density at radius 3 is 2.60 bits per heavy atom. The lowest BCUT2D eigenvalue weighted by molar-refractivity contribution is 0.375. The van der Waals surface area contributed by atoms with Gasteiger partial charge < -0.3 is 10.2 Å². The molecule has 0 radical (unpaired) electrons. The molecule has 4 nitrogen and oxygen atoms in total. The maximum atomic E-state index is 4.29. The Kier molecular flexibility index (Phi) is 3.88. The third-order valence-electron chi connectivity index (χ3n) is 2.59. The second-order valence-electron chi connectivity index (χ2n) is 4.19. The largest absolute Gasteiger partial charge is 0.333 e. The fraction of sp³-hybridized carbons (Fsp3) is 0.600. The fourth-order valence-corrected chi connectivity index (χ4v) is 1.78. The van der Waals surface area contributed by atoms with Crippen molar-refractivity contribution >= 4 is 18.4 Å². The lowest BCUT2D eigenvalue weighted by Crippen LogP contribution is -2.58. The van der Waals surface area contributed by atoms with Crippen LogP contribution in [-0.4, -0.2) is 35.1 Å². The van der Waals surface area contributed by atoms with Gasteiger partial charge >= 0.3 is 0 Å². The van der Waals surface area contributed by atoms with E-state index in [4.69, 9.17) is 0 Å². The van der Waals surface area contributed by atoms with Gasteiger partial charge in [-0.05, 0) is 19.9 Å². The average molecular weight is 229 g/mol. The van der Waals surface area contributed by atoms with Crippen LogP contribution in [-0.2, 0) is 0 Å². The standard InChI is InChI=1S/C10H16N4.ClH/c1-10(2)8-11-6-7-14(10)9-12-4-3-5-13-9;/h3-5,11H,6-8H2,1-2H3;1H. The summed E-state index contributed by atoms with van der Waals surface area (Å²) >= 11 is 0. The smallest absolute Gasteiger partial charge is 0.225 e. The van der Waals surface area contributed by atoms with E-state index in [0.29, 0.717) is 0 Å².